The Morgan fingerprint density at radius 3 is 2.79 bits per heavy atom. The lowest BCUT2D eigenvalue weighted by molar-refractivity contribution is -0.135. The topological polar surface area (TPSA) is 83.4 Å². The van der Waals surface area contributed by atoms with Gasteiger partial charge in [0.05, 0.1) is 0 Å². The largest absolute Gasteiger partial charge is 0.480 e. The molecule has 1 amide bonds. The lowest BCUT2D eigenvalue weighted by Gasteiger charge is -2.19. The molecule has 0 unspecified atom stereocenters. The van der Waals surface area contributed by atoms with Crippen molar-refractivity contribution in [2.45, 2.75) is 0 Å². The van der Waals surface area contributed by atoms with Gasteiger partial charge in [-0.2, -0.15) is 0 Å². The second-order valence-electron chi connectivity index (χ2n) is 3.56. The van der Waals surface area contributed by atoms with Crippen molar-refractivity contribution in [2.75, 3.05) is 11.4 Å². The summed E-state index contributed by atoms with van der Waals surface area (Å²) in [5, 5.41) is 14.4. The molecule has 0 aliphatic heterocycles. The smallest absolute Gasteiger partial charge is 0.323 e. The average Bonchev–Trinajstić information content (AvgIpc) is 2.88. The molecular weight excluding hydrogens is 290 g/mol. The molecule has 0 fully saturated rings. The van der Waals surface area contributed by atoms with Crippen molar-refractivity contribution >= 4 is 40.7 Å². The van der Waals surface area contributed by atoms with Gasteiger partial charge >= 0.3 is 5.97 Å². The van der Waals surface area contributed by atoms with Gasteiger partial charge in [-0.15, -0.1) is 5.10 Å². The molecule has 0 saturated heterocycles. The van der Waals surface area contributed by atoms with Crippen molar-refractivity contribution in [3.8, 4) is 0 Å². The minimum absolute atomic E-state index is 0.103. The Bertz CT molecular complexity index is 603. The Balaban J connectivity index is 2.36. The summed E-state index contributed by atoms with van der Waals surface area (Å²) in [6, 6.07) is 6.40. The number of rotatable bonds is 4. The molecule has 1 aromatic heterocycles. The number of carbonyl (C=O) groups is 2. The fourth-order valence-electron chi connectivity index (χ4n) is 1.46. The number of benzene rings is 1. The van der Waals surface area contributed by atoms with E-state index in [2.05, 4.69) is 9.59 Å². The molecule has 19 heavy (non-hydrogen) atoms. The van der Waals surface area contributed by atoms with Crippen LogP contribution >= 0.6 is 23.1 Å². The minimum Gasteiger partial charge on any atom is -0.480 e. The van der Waals surface area contributed by atoms with Crippen LogP contribution in [0.4, 0.5) is 5.69 Å². The normalized spacial score (nSPS) is 10.2. The lowest BCUT2D eigenvalue weighted by atomic mass is 10.2. The van der Waals surface area contributed by atoms with E-state index in [1.165, 1.54) is 11.4 Å². The highest BCUT2D eigenvalue weighted by atomic mass is 35.5. The Kier molecular flexibility index (Phi) is 4.08. The molecule has 0 atom stereocenters. The van der Waals surface area contributed by atoms with Gasteiger partial charge in [0.15, 0.2) is 5.69 Å². The summed E-state index contributed by atoms with van der Waals surface area (Å²) in [5.74, 6) is -1.66. The molecule has 98 valence electrons. The number of aromatic nitrogens is 2. The highest BCUT2D eigenvalue weighted by Gasteiger charge is 2.22. The summed E-state index contributed by atoms with van der Waals surface area (Å²) in [7, 11) is 0. The van der Waals surface area contributed by atoms with Gasteiger partial charge in [0.25, 0.3) is 5.91 Å². The van der Waals surface area contributed by atoms with Crippen LogP contribution in [-0.2, 0) is 4.79 Å². The molecule has 1 N–H and O–H groups in total. The lowest BCUT2D eigenvalue weighted by Crippen LogP contribution is -2.36. The molecule has 1 heterocycles. The average molecular weight is 298 g/mol. The van der Waals surface area contributed by atoms with Crippen LogP contribution < -0.4 is 4.90 Å². The third-order valence-electron chi connectivity index (χ3n) is 2.24. The van der Waals surface area contributed by atoms with E-state index in [4.69, 9.17) is 16.7 Å². The molecular formula is C11H8ClN3O3S. The highest BCUT2D eigenvalue weighted by Crippen LogP contribution is 2.21. The number of carbonyl (C=O) groups excluding carboxylic acids is 1. The van der Waals surface area contributed by atoms with Gasteiger partial charge in [-0.1, -0.05) is 22.2 Å². The van der Waals surface area contributed by atoms with Gasteiger partial charge in [-0.25, -0.2) is 0 Å². The summed E-state index contributed by atoms with van der Waals surface area (Å²) in [4.78, 5) is 24.1. The predicted molar refractivity (Wildman–Crippen MR) is 70.7 cm³/mol. The number of hydrogen-bond acceptors (Lipinski definition) is 5. The molecule has 6 nitrogen and oxygen atoms in total. The Morgan fingerprint density at radius 2 is 2.21 bits per heavy atom. The van der Waals surface area contributed by atoms with E-state index in [9.17, 15) is 9.59 Å². The van der Waals surface area contributed by atoms with Gasteiger partial charge in [0.1, 0.15) is 6.54 Å². The molecule has 2 aromatic rings. The number of anilines is 1. The van der Waals surface area contributed by atoms with Crippen molar-refractivity contribution in [3.63, 3.8) is 0 Å². The molecule has 0 bridgehead atoms. The van der Waals surface area contributed by atoms with Crippen molar-refractivity contribution in [1.82, 2.24) is 9.59 Å². The maximum atomic E-state index is 12.2. The van der Waals surface area contributed by atoms with E-state index < -0.39 is 18.4 Å². The van der Waals surface area contributed by atoms with Crippen LogP contribution in [0.5, 0.6) is 0 Å². The van der Waals surface area contributed by atoms with Crippen molar-refractivity contribution in [2.24, 2.45) is 0 Å². The zero-order valence-electron chi connectivity index (χ0n) is 9.49. The summed E-state index contributed by atoms with van der Waals surface area (Å²) < 4.78 is 3.59. The zero-order chi connectivity index (χ0) is 13.8. The quantitative estimate of drug-likeness (QED) is 0.932. The van der Waals surface area contributed by atoms with Crippen molar-refractivity contribution < 1.29 is 14.7 Å². The summed E-state index contributed by atoms with van der Waals surface area (Å²) in [6.45, 7) is -0.475. The molecule has 0 aliphatic carbocycles. The van der Waals surface area contributed by atoms with Crippen LogP contribution in [0.2, 0.25) is 5.02 Å². The SMILES string of the molecule is O=C(O)CN(C(=O)c1csnn1)c1cccc(Cl)c1. The number of aliphatic carboxylic acids is 1. The number of nitrogens with zero attached hydrogens (tertiary/aromatic N) is 3. The maximum absolute atomic E-state index is 12.2. The third kappa shape index (κ3) is 3.27. The second-order valence-corrected chi connectivity index (χ2v) is 4.60. The number of carboxylic acid groups (broad SMARTS) is 1. The van der Waals surface area contributed by atoms with E-state index in [1.54, 1.807) is 18.2 Å². The molecule has 0 radical (unpaired) electrons. The zero-order valence-corrected chi connectivity index (χ0v) is 11.1. The fourth-order valence-corrected chi connectivity index (χ4v) is 2.07. The van der Waals surface area contributed by atoms with E-state index >= 15 is 0 Å². The van der Waals surface area contributed by atoms with Crippen LogP contribution in [0, 0.1) is 0 Å². The molecule has 1 aromatic carbocycles. The number of carboxylic acids is 1. The molecule has 0 saturated carbocycles. The standard InChI is InChI=1S/C11H8ClN3O3S/c12-7-2-1-3-8(4-7)15(5-10(16)17)11(18)9-6-19-14-13-9/h1-4,6H,5H2,(H,16,17). The van der Waals surface area contributed by atoms with Gasteiger partial charge in [0, 0.05) is 16.1 Å². The first-order valence-corrected chi connectivity index (χ1v) is 6.35. The highest BCUT2D eigenvalue weighted by molar-refractivity contribution is 7.03. The molecule has 0 aliphatic rings. The minimum atomic E-state index is -1.13. The van der Waals surface area contributed by atoms with Gasteiger partial charge in [-0.05, 0) is 29.7 Å². The van der Waals surface area contributed by atoms with E-state index in [0.29, 0.717) is 10.7 Å². The molecule has 0 spiro atoms. The van der Waals surface area contributed by atoms with Gasteiger partial charge < -0.3 is 5.11 Å². The maximum Gasteiger partial charge on any atom is 0.323 e. The van der Waals surface area contributed by atoms with Crippen LogP contribution in [0.15, 0.2) is 29.6 Å². The van der Waals surface area contributed by atoms with E-state index in [-0.39, 0.29) is 5.69 Å². The van der Waals surface area contributed by atoms with Crippen LogP contribution in [0.1, 0.15) is 10.5 Å². The van der Waals surface area contributed by atoms with Gasteiger partial charge in [0.2, 0.25) is 0 Å². The van der Waals surface area contributed by atoms with Crippen molar-refractivity contribution in [3.05, 3.63) is 40.4 Å². The van der Waals surface area contributed by atoms with Crippen molar-refractivity contribution in [1.29, 1.82) is 0 Å². The number of halogens is 1. The van der Waals surface area contributed by atoms with Crippen LogP contribution in [0.3, 0.4) is 0 Å². The number of amides is 1. The Hall–Kier alpha value is -1.99. The first-order chi connectivity index (χ1) is 9.08. The van der Waals surface area contributed by atoms with Gasteiger partial charge in [-0.3, -0.25) is 14.5 Å². The Labute approximate surface area is 117 Å². The number of hydrogen-bond donors (Lipinski definition) is 1. The fraction of sp³-hybridized carbons (Fsp3) is 0.0909. The van der Waals surface area contributed by atoms with Crippen LogP contribution in [0.25, 0.3) is 0 Å². The van der Waals surface area contributed by atoms with E-state index in [0.717, 1.165) is 16.4 Å². The third-order valence-corrected chi connectivity index (χ3v) is 2.98. The summed E-state index contributed by atoms with van der Waals surface area (Å²) in [6.07, 6.45) is 0. The molecule has 8 heteroatoms. The summed E-state index contributed by atoms with van der Waals surface area (Å²) >= 11 is 6.86. The predicted octanol–water partition coefficient (Wildman–Crippen LogP) is 1.92. The second kappa shape index (κ2) is 5.77. The first kappa shape index (κ1) is 13.4. The molecule has 2 rings (SSSR count). The first-order valence-electron chi connectivity index (χ1n) is 5.14. The van der Waals surface area contributed by atoms with E-state index in [1.807, 2.05) is 0 Å². The Morgan fingerprint density at radius 1 is 1.42 bits per heavy atom. The monoisotopic (exact) mass is 297 g/mol. The summed E-state index contributed by atoms with van der Waals surface area (Å²) in [5.41, 5.74) is 0.499. The van der Waals surface area contributed by atoms with Crippen LogP contribution in [-0.4, -0.2) is 33.1 Å².